The van der Waals surface area contributed by atoms with E-state index in [1.54, 1.807) is 30.3 Å². The zero-order chi connectivity index (χ0) is 14.0. The second-order valence-electron chi connectivity index (χ2n) is 3.53. The van der Waals surface area contributed by atoms with Gasteiger partial charge in [-0.05, 0) is 28.1 Å². The lowest BCUT2D eigenvalue weighted by molar-refractivity contribution is 0.0661. The number of carbonyl (C=O) groups is 1. The van der Waals surface area contributed by atoms with Gasteiger partial charge in [0.2, 0.25) is 5.76 Å². The molecule has 0 saturated carbocycles. The quantitative estimate of drug-likeness (QED) is 0.887. The Balaban J connectivity index is 2.37. The van der Waals surface area contributed by atoms with Crippen molar-refractivity contribution in [2.24, 2.45) is 0 Å². The Hall–Kier alpha value is -1.80. The average Bonchev–Trinajstić information content (AvgIpc) is 2.73. The van der Waals surface area contributed by atoms with Crippen LogP contribution >= 0.6 is 15.9 Å². The van der Waals surface area contributed by atoms with Crippen molar-refractivity contribution >= 4 is 37.6 Å². The molecule has 0 bridgehead atoms. The van der Waals surface area contributed by atoms with E-state index >= 15 is 0 Å². The molecule has 0 aliphatic carbocycles. The Labute approximate surface area is 117 Å². The van der Waals surface area contributed by atoms with Crippen molar-refractivity contribution in [2.75, 3.05) is 4.72 Å². The van der Waals surface area contributed by atoms with Gasteiger partial charge in [-0.25, -0.2) is 13.2 Å². The minimum absolute atomic E-state index is 0.159. The number of anilines is 1. The van der Waals surface area contributed by atoms with Crippen molar-refractivity contribution in [3.8, 4) is 0 Å². The van der Waals surface area contributed by atoms with Gasteiger partial charge in [0.15, 0.2) is 4.67 Å². The Bertz CT molecular complexity index is 708. The molecule has 0 atom stereocenters. The first-order valence-corrected chi connectivity index (χ1v) is 7.28. The third kappa shape index (κ3) is 2.96. The lowest BCUT2D eigenvalue weighted by atomic mass is 10.3. The highest BCUT2D eigenvalue weighted by Crippen LogP contribution is 2.27. The molecule has 0 aliphatic rings. The van der Waals surface area contributed by atoms with Gasteiger partial charge < -0.3 is 9.52 Å². The molecule has 100 valence electrons. The summed E-state index contributed by atoms with van der Waals surface area (Å²) in [5, 5.41) is 8.75. The molecule has 2 rings (SSSR count). The lowest BCUT2D eigenvalue weighted by Gasteiger charge is -2.05. The molecule has 2 N–H and O–H groups in total. The van der Waals surface area contributed by atoms with Crippen LogP contribution in [0.25, 0.3) is 0 Å². The standard InChI is InChI=1S/C11H8BrNO5S/c12-10-9(6-8(18-10)11(14)15)19(16,17)13-7-4-2-1-3-5-7/h1-6,13H,(H,14,15). The van der Waals surface area contributed by atoms with Crippen molar-refractivity contribution < 1.29 is 22.7 Å². The molecule has 6 nitrogen and oxygen atoms in total. The van der Waals surface area contributed by atoms with Crippen molar-refractivity contribution in [1.29, 1.82) is 0 Å². The molecule has 19 heavy (non-hydrogen) atoms. The summed E-state index contributed by atoms with van der Waals surface area (Å²) in [6, 6.07) is 9.18. The predicted molar refractivity (Wildman–Crippen MR) is 70.6 cm³/mol. The number of benzene rings is 1. The highest BCUT2D eigenvalue weighted by atomic mass is 79.9. The SMILES string of the molecule is O=C(O)c1cc(S(=O)(=O)Nc2ccccc2)c(Br)o1. The third-order valence-corrected chi connectivity index (χ3v) is 4.42. The zero-order valence-corrected chi connectivity index (χ0v) is 11.7. The van der Waals surface area contributed by atoms with Gasteiger partial charge in [-0.15, -0.1) is 0 Å². The first-order valence-electron chi connectivity index (χ1n) is 5.00. The maximum Gasteiger partial charge on any atom is 0.371 e. The van der Waals surface area contributed by atoms with E-state index in [0.29, 0.717) is 5.69 Å². The molecule has 0 saturated heterocycles. The molecule has 0 unspecified atom stereocenters. The van der Waals surface area contributed by atoms with Gasteiger partial charge in [0, 0.05) is 11.8 Å². The van der Waals surface area contributed by atoms with Crippen molar-refractivity contribution in [2.45, 2.75) is 4.90 Å². The van der Waals surface area contributed by atoms with Gasteiger partial charge in [0.25, 0.3) is 10.0 Å². The number of carboxylic acids is 1. The lowest BCUT2D eigenvalue weighted by Crippen LogP contribution is -2.12. The summed E-state index contributed by atoms with van der Waals surface area (Å²) >= 11 is 2.89. The largest absolute Gasteiger partial charge is 0.475 e. The smallest absolute Gasteiger partial charge is 0.371 e. The van der Waals surface area contributed by atoms with E-state index in [-0.39, 0.29) is 9.56 Å². The van der Waals surface area contributed by atoms with Crippen LogP contribution in [-0.2, 0) is 10.0 Å². The number of hydrogen-bond acceptors (Lipinski definition) is 4. The molecular weight excluding hydrogens is 338 g/mol. The van der Waals surface area contributed by atoms with Crippen LogP contribution in [0.15, 0.2) is 50.4 Å². The number of nitrogens with one attached hydrogen (secondary N) is 1. The van der Waals surface area contributed by atoms with Gasteiger partial charge in [-0.1, -0.05) is 18.2 Å². The molecule has 2 aromatic rings. The first kappa shape index (κ1) is 13.6. The fourth-order valence-corrected chi connectivity index (χ4v) is 3.36. The van der Waals surface area contributed by atoms with Gasteiger partial charge in [0.05, 0.1) is 0 Å². The van der Waals surface area contributed by atoms with E-state index in [4.69, 9.17) is 9.52 Å². The Morgan fingerprint density at radius 3 is 2.42 bits per heavy atom. The number of hydrogen-bond donors (Lipinski definition) is 2. The second kappa shape index (κ2) is 5.06. The number of furan rings is 1. The van der Waals surface area contributed by atoms with Gasteiger partial charge >= 0.3 is 5.97 Å². The summed E-state index contributed by atoms with van der Waals surface area (Å²) in [6.07, 6.45) is 0. The Morgan fingerprint density at radius 2 is 1.89 bits per heavy atom. The van der Waals surface area contributed by atoms with E-state index in [1.165, 1.54) is 0 Å². The highest BCUT2D eigenvalue weighted by Gasteiger charge is 2.24. The number of halogens is 1. The first-order chi connectivity index (χ1) is 8.90. The van der Waals surface area contributed by atoms with Crippen molar-refractivity contribution in [1.82, 2.24) is 0 Å². The van der Waals surface area contributed by atoms with E-state index in [9.17, 15) is 13.2 Å². The molecular formula is C11H8BrNO5S. The Kier molecular flexibility index (Phi) is 3.63. The molecule has 1 heterocycles. The van der Waals surface area contributed by atoms with Crippen LogP contribution in [0.2, 0.25) is 0 Å². The summed E-state index contributed by atoms with van der Waals surface area (Å²) in [4.78, 5) is 10.5. The number of rotatable bonds is 4. The van der Waals surface area contributed by atoms with Gasteiger partial charge in [-0.2, -0.15) is 0 Å². The monoisotopic (exact) mass is 345 g/mol. The van der Waals surface area contributed by atoms with Crippen LogP contribution < -0.4 is 4.72 Å². The molecule has 1 aromatic carbocycles. The molecule has 1 aromatic heterocycles. The summed E-state index contributed by atoms with van der Waals surface area (Å²) < 4.78 is 31.1. The number of para-hydroxylation sites is 1. The summed E-state index contributed by atoms with van der Waals surface area (Å²) in [5.41, 5.74) is 0.368. The van der Waals surface area contributed by atoms with Crippen molar-refractivity contribution in [3.05, 3.63) is 46.8 Å². The van der Waals surface area contributed by atoms with Crippen LogP contribution in [0.4, 0.5) is 5.69 Å². The molecule has 0 fully saturated rings. The van der Waals surface area contributed by atoms with E-state index < -0.39 is 21.8 Å². The molecule has 0 aliphatic heterocycles. The van der Waals surface area contributed by atoms with Crippen LogP contribution in [0.5, 0.6) is 0 Å². The van der Waals surface area contributed by atoms with E-state index in [2.05, 4.69) is 20.7 Å². The molecule has 0 radical (unpaired) electrons. The third-order valence-electron chi connectivity index (χ3n) is 2.18. The van der Waals surface area contributed by atoms with Crippen LogP contribution in [0, 0.1) is 0 Å². The fourth-order valence-electron chi connectivity index (χ4n) is 1.36. The van der Waals surface area contributed by atoms with E-state index in [0.717, 1.165) is 6.07 Å². The van der Waals surface area contributed by atoms with Gasteiger partial charge in [0.1, 0.15) is 4.90 Å². The predicted octanol–water partition coefficient (Wildman–Crippen LogP) is 2.54. The van der Waals surface area contributed by atoms with Crippen LogP contribution in [0.3, 0.4) is 0 Å². The van der Waals surface area contributed by atoms with Crippen molar-refractivity contribution in [3.63, 3.8) is 0 Å². The number of aromatic carboxylic acids is 1. The highest BCUT2D eigenvalue weighted by molar-refractivity contribution is 9.10. The summed E-state index contributed by atoms with van der Waals surface area (Å²) in [6.45, 7) is 0. The number of sulfonamides is 1. The number of carboxylic acid groups (broad SMARTS) is 1. The van der Waals surface area contributed by atoms with Crippen LogP contribution in [-0.4, -0.2) is 19.5 Å². The average molecular weight is 346 g/mol. The molecule has 8 heteroatoms. The second-order valence-corrected chi connectivity index (χ2v) is 5.90. The summed E-state index contributed by atoms with van der Waals surface area (Å²) in [5.74, 6) is -1.80. The van der Waals surface area contributed by atoms with E-state index in [1.807, 2.05) is 0 Å². The fraction of sp³-hybridized carbons (Fsp3) is 0. The topological polar surface area (TPSA) is 96.6 Å². The molecule has 0 amide bonds. The minimum Gasteiger partial charge on any atom is -0.475 e. The summed E-state index contributed by atoms with van der Waals surface area (Å²) in [7, 11) is -3.91. The zero-order valence-electron chi connectivity index (χ0n) is 9.33. The van der Waals surface area contributed by atoms with Gasteiger partial charge in [-0.3, -0.25) is 4.72 Å². The normalized spacial score (nSPS) is 11.2. The van der Waals surface area contributed by atoms with Crippen LogP contribution in [0.1, 0.15) is 10.6 Å². The Morgan fingerprint density at radius 1 is 1.26 bits per heavy atom. The minimum atomic E-state index is -3.91. The maximum atomic E-state index is 12.1. The molecule has 0 spiro atoms. The maximum absolute atomic E-state index is 12.1.